The minimum atomic E-state index is -0.833. The zero-order valence-electron chi connectivity index (χ0n) is 24.9. The molecule has 0 aliphatic carbocycles. The number of benzene rings is 1. The molecule has 1 aromatic carbocycles. The van der Waals surface area contributed by atoms with Gasteiger partial charge in [-0.15, -0.1) is 0 Å². The van der Waals surface area contributed by atoms with Gasteiger partial charge in [0.1, 0.15) is 17.8 Å². The summed E-state index contributed by atoms with van der Waals surface area (Å²) in [6, 6.07) is 7.44. The summed E-state index contributed by atoms with van der Waals surface area (Å²) in [6.07, 6.45) is 4.74. The molecule has 2 fully saturated rings. The number of piperidine rings is 1. The van der Waals surface area contributed by atoms with Crippen LogP contribution in [0.1, 0.15) is 88.7 Å². The van der Waals surface area contributed by atoms with E-state index in [2.05, 4.69) is 41.9 Å². The summed E-state index contributed by atoms with van der Waals surface area (Å²) < 4.78 is 11.5. The maximum atomic E-state index is 12.9. The summed E-state index contributed by atoms with van der Waals surface area (Å²) >= 11 is 0. The van der Waals surface area contributed by atoms with Crippen molar-refractivity contribution in [1.29, 1.82) is 5.26 Å². The van der Waals surface area contributed by atoms with Crippen LogP contribution in [-0.4, -0.2) is 64.3 Å². The molecule has 0 radical (unpaired) electrons. The Bertz CT molecular complexity index is 1200. The number of amides is 1. The van der Waals surface area contributed by atoms with E-state index in [0.717, 1.165) is 74.8 Å². The summed E-state index contributed by atoms with van der Waals surface area (Å²) in [6.45, 7) is 12.6. The molecule has 41 heavy (non-hydrogen) atoms. The van der Waals surface area contributed by atoms with Gasteiger partial charge in [0, 0.05) is 32.5 Å². The zero-order valence-corrected chi connectivity index (χ0v) is 24.9. The van der Waals surface area contributed by atoms with Crippen molar-refractivity contribution in [2.24, 2.45) is 17.6 Å². The first kappa shape index (κ1) is 31.9. The molecule has 4 rings (SSSR count). The fourth-order valence-electron chi connectivity index (χ4n) is 5.41. The van der Waals surface area contributed by atoms with Crippen LogP contribution in [0.15, 0.2) is 22.7 Å². The first-order valence-corrected chi connectivity index (χ1v) is 14.5. The number of carbonyl (C=O) groups is 2. The molecule has 3 N–H and O–H groups in total. The number of nitriles is 1. The van der Waals surface area contributed by atoms with Crippen LogP contribution in [0.25, 0.3) is 0 Å². The third-order valence-electron chi connectivity index (χ3n) is 7.93. The topological polar surface area (TPSA) is 159 Å². The number of carbonyl (C=O) groups excluding carboxylic acids is 1. The lowest BCUT2D eigenvalue weighted by Crippen LogP contribution is -2.41. The van der Waals surface area contributed by atoms with Crippen LogP contribution in [0, 0.1) is 30.1 Å². The second-order valence-corrected chi connectivity index (χ2v) is 11.4. The standard InChI is InChI=1S/C28H40N6O3.C2H4O2/c1-18(2)26-31-28(37-32-26)33-13-9-21(10-14-33)19(3)11-15-36-23-7-8-24(20(4)16-23)25(30)27(35)34-12-5-6-22(34)17-29;1-2(3)4/h7-8,16,18-19,21-22,25H,5-6,9-15,30H2,1-4H3;1H3,(H,3,4)/t19-,22+,25+;/m1./s1. The van der Waals surface area contributed by atoms with Crippen molar-refractivity contribution in [3.8, 4) is 11.8 Å². The van der Waals surface area contributed by atoms with E-state index in [1.54, 1.807) is 4.90 Å². The van der Waals surface area contributed by atoms with Crippen LogP contribution in [0.2, 0.25) is 0 Å². The minimum Gasteiger partial charge on any atom is -0.494 e. The number of aryl methyl sites for hydroxylation is 1. The van der Waals surface area contributed by atoms with Crippen LogP contribution in [0.5, 0.6) is 5.75 Å². The van der Waals surface area contributed by atoms with Crippen LogP contribution >= 0.6 is 0 Å². The van der Waals surface area contributed by atoms with Gasteiger partial charge in [-0.1, -0.05) is 32.0 Å². The predicted octanol–water partition coefficient (Wildman–Crippen LogP) is 4.43. The Kier molecular flexibility index (Phi) is 11.5. The van der Waals surface area contributed by atoms with E-state index in [0.29, 0.717) is 31.0 Å². The van der Waals surface area contributed by atoms with Gasteiger partial charge in [0.15, 0.2) is 5.82 Å². The van der Waals surface area contributed by atoms with Crippen molar-refractivity contribution in [1.82, 2.24) is 15.0 Å². The number of carboxylic acids is 1. The summed E-state index contributed by atoms with van der Waals surface area (Å²) in [5.74, 6) is 2.00. The molecular weight excluding hydrogens is 524 g/mol. The highest BCUT2D eigenvalue weighted by atomic mass is 16.5. The molecule has 2 aliphatic rings. The van der Waals surface area contributed by atoms with Gasteiger partial charge >= 0.3 is 6.01 Å². The molecule has 0 saturated carbocycles. The number of carboxylic acid groups (broad SMARTS) is 1. The van der Waals surface area contributed by atoms with Gasteiger partial charge in [-0.2, -0.15) is 10.2 Å². The van der Waals surface area contributed by atoms with Gasteiger partial charge in [0.2, 0.25) is 5.91 Å². The van der Waals surface area contributed by atoms with E-state index < -0.39 is 12.0 Å². The molecule has 0 spiro atoms. The second kappa shape index (κ2) is 14.8. The summed E-state index contributed by atoms with van der Waals surface area (Å²) in [5, 5.41) is 20.8. The Balaban J connectivity index is 0.00000108. The number of rotatable bonds is 9. The number of hydrogen-bond donors (Lipinski definition) is 2. The Morgan fingerprint density at radius 3 is 2.49 bits per heavy atom. The van der Waals surface area contributed by atoms with E-state index >= 15 is 0 Å². The fourth-order valence-corrected chi connectivity index (χ4v) is 5.41. The van der Waals surface area contributed by atoms with Crippen LogP contribution < -0.4 is 15.4 Å². The highest BCUT2D eigenvalue weighted by Crippen LogP contribution is 2.30. The maximum Gasteiger partial charge on any atom is 0.324 e. The van der Waals surface area contributed by atoms with Crippen LogP contribution in [0.4, 0.5) is 6.01 Å². The molecule has 2 saturated heterocycles. The highest BCUT2D eigenvalue weighted by Gasteiger charge is 2.33. The number of aliphatic carboxylic acids is 1. The zero-order chi connectivity index (χ0) is 30.1. The van der Waals surface area contributed by atoms with Gasteiger partial charge in [-0.05, 0) is 74.1 Å². The smallest absolute Gasteiger partial charge is 0.324 e. The van der Waals surface area contributed by atoms with Crippen LogP contribution in [0.3, 0.4) is 0 Å². The maximum absolute atomic E-state index is 12.9. The number of aromatic nitrogens is 2. The minimum absolute atomic E-state index is 0.180. The lowest BCUT2D eigenvalue weighted by molar-refractivity contribution is -0.134. The Morgan fingerprint density at radius 2 is 1.90 bits per heavy atom. The van der Waals surface area contributed by atoms with Gasteiger partial charge in [-0.3, -0.25) is 9.59 Å². The molecule has 2 aromatic rings. The molecule has 3 atom stereocenters. The van der Waals surface area contributed by atoms with Gasteiger partial charge in [0.05, 0.1) is 12.7 Å². The van der Waals surface area contributed by atoms with Crippen molar-refractivity contribution in [3.63, 3.8) is 0 Å². The van der Waals surface area contributed by atoms with Gasteiger partial charge in [-0.25, -0.2) is 0 Å². The Hall–Kier alpha value is -3.65. The van der Waals surface area contributed by atoms with E-state index in [1.165, 1.54) is 0 Å². The van der Waals surface area contributed by atoms with E-state index in [1.807, 2.05) is 25.1 Å². The average molecular weight is 569 g/mol. The molecule has 224 valence electrons. The number of likely N-dealkylation sites (tertiary alicyclic amines) is 1. The Morgan fingerprint density at radius 1 is 1.22 bits per heavy atom. The van der Waals surface area contributed by atoms with E-state index in [-0.39, 0.29) is 17.9 Å². The van der Waals surface area contributed by atoms with Crippen molar-refractivity contribution < 1.29 is 24.0 Å². The number of hydrogen-bond acceptors (Lipinski definition) is 9. The Labute approximate surface area is 242 Å². The first-order valence-electron chi connectivity index (χ1n) is 14.5. The molecule has 1 aromatic heterocycles. The molecular formula is C30H44N6O5. The molecule has 0 unspecified atom stereocenters. The van der Waals surface area contributed by atoms with Crippen molar-refractivity contribution in [2.75, 3.05) is 31.1 Å². The third kappa shape index (κ3) is 8.67. The van der Waals surface area contributed by atoms with Gasteiger partial charge in [0.25, 0.3) is 5.97 Å². The second-order valence-electron chi connectivity index (χ2n) is 11.4. The lowest BCUT2D eigenvalue weighted by Gasteiger charge is -2.33. The predicted molar refractivity (Wildman–Crippen MR) is 154 cm³/mol. The molecule has 11 nitrogen and oxygen atoms in total. The largest absolute Gasteiger partial charge is 0.494 e. The van der Waals surface area contributed by atoms with E-state index in [4.69, 9.17) is 24.9 Å². The fraction of sp³-hybridized carbons (Fsp3) is 0.633. The summed E-state index contributed by atoms with van der Waals surface area (Å²) in [7, 11) is 0. The summed E-state index contributed by atoms with van der Waals surface area (Å²) in [5.41, 5.74) is 8.02. The van der Waals surface area contributed by atoms with Crippen molar-refractivity contribution in [2.45, 2.75) is 84.7 Å². The average Bonchev–Trinajstić information content (AvgIpc) is 3.62. The molecule has 0 bridgehead atoms. The van der Waals surface area contributed by atoms with Crippen molar-refractivity contribution in [3.05, 3.63) is 35.2 Å². The number of ether oxygens (including phenoxy) is 1. The normalized spacial score (nSPS) is 18.8. The number of nitrogens with zero attached hydrogens (tertiary/aromatic N) is 5. The van der Waals surface area contributed by atoms with Crippen molar-refractivity contribution >= 4 is 17.9 Å². The summed E-state index contributed by atoms with van der Waals surface area (Å²) in [4.78, 5) is 30.2. The number of nitrogens with two attached hydrogens (primary N) is 1. The molecule has 3 heterocycles. The first-order chi connectivity index (χ1) is 19.5. The highest BCUT2D eigenvalue weighted by molar-refractivity contribution is 5.84. The SMILES string of the molecule is CC(=O)O.Cc1cc(OCC[C@@H](C)C2CCN(c3nc(C(C)C)no3)CC2)ccc1[C@H](N)C(=O)N1CCC[C@H]1C#N. The molecule has 11 heteroatoms. The lowest BCUT2D eigenvalue weighted by atomic mass is 9.84. The monoisotopic (exact) mass is 568 g/mol. The molecule has 1 amide bonds. The third-order valence-corrected chi connectivity index (χ3v) is 7.93. The molecule has 2 aliphatic heterocycles. The quantitative estimate of drug-likeness (QED) is 0.443. The number of anilines is 1. The van der Waals surface area contributed by atoms with E-state index in [9.17, 15) is 10.1 Å². The van der Waals surface area contributed by atoms with Crippen LogP contribution in [-0.2, 0) is 9.59 Å². The van der Waals surface area contributed by atoms with Gasteiger partial charge < -0.3 is 29.9 Å².